The van der Waals surface area contributed by atoms with Gasteiger partial charge in [-0.25, -0.2) is 4.79 Å². The number of carbonyl (C=O) groups excluding carboxylic acids is 3. The minimum absolute atomic E-state index is 0.0555. The number of ether oxygens (including phenoxy) is 1. The van der Waals surface area contributed by atoms with Crippen molar-refractivity contribution in [3.05, 3.63) is 33.7 Å². The van der Waals surface area contributed by atoms with E-state index in [2.05, 4.69) is 15.5 Å². The Hall–Kier alpha value is -2.19. The van der Waals surface area contributed by atoms with Crippen LogP contribution in [-0.2, 0) is 9.53 Å². The SMILES string of the molecule is CC(C)(C)OC(=O)NC1CCN(c2cc(Cl)ccc2/C=C2/SC(=O)NC2=O)C1. The fourth-order valence-electron chi connectivity index (χ4n) is 3.05. The predicted molar refractivity (Wildman–Crippen MR) is 111 cm³/mol. The maximum atomic E-state index is 12.0. The molecule has 28 heavy (non-hydrogen) atoms. The van der Waals surface area contributed by atoms with Crippen LogP contribution in [0.3, 0.4) is 0 Å². The van der Waals surface area contributed by atoms with Crippen molar-refractivity contribution < 1.29 is 19.1 Å². The maximum Gasteiger partial charge on any atom is 0.407 e. The first kappa shape index (κ1) is 20.5. The molecule has 0 aliphatic carbocycles. The highest BCUT2D eigenvalue weighted by Gasteiger charge is 2.29. The van der Waals surface area contributed by atoms with Crippen LogP contribution in [0.1, 0.15) is 32.8 Å². The van der Waals surface area contributed by atoms with Crippen LogP contribution in [0.2, 0.25) is 5.02 Å². The highest BCUT2D eigenvalue weighted by atomic mass is 35.5. The molecule has 1 aromatic rings. The summed E-state index contributed by atoms with van der Waals surface area (Å²) in [4.78, 5) is 37.7. The van der Waals surface area contributed by atoms with Gasteiger partial charge in [-0.3, -0.25) is 14.9 Å². The molecule has 1 atom stereocenters. The summed E-state index contributed by atoms with van der Waals surface area (Å²) in [6.45, 7) is 6.77. The number of amides is 3. The molecule has 0 bridgehead atoms. The van der Waals surface area contributed by atoms with Crippen molar-refractivity contribution in [1.29, 1.82) is 0 Å². The first-order chi connectivity index (χ1) is 13.1. The van der Waals surface area contributed by atoms with Gasteiger partial charge in [0, 0.05) is 23.8 Å². The normalized spacial score (nSPS) is 21.2. The van der Waals surface area contributed by atoms with Crippen LogP contribution in [0, 0.1) is 0 Å². The zero-order chi connectivity index (χ0) is 20.5. The summed E-state index contributed by atoms with van der Waals surface area (Å²) in [5, 5.41) is 5.33. The molecule has 0 spiro atoms. The van der Waals surface area contributed by atoms with Gasteiger partial charge in [0.2, 0.25) is 0 Å². The van der Waals surface area contributed by atoms with Gasteiger partial charge in [0.1, 0.15) is 5.60 Å². The van der Waals surface area contributed by atoms with E-state index in [-0.39, 0.29) is 11.3 Å². The lowest BCUT2D eigenvalue weighted by atomic mass is 10.1. The second-order valence-corrected chi connectivity index (χ2v) is 9.08. The molecule has 3 amide bonds. The van der Waals surface area contributed by atoms with Crippen LogP contribution in [0.15, 0.2) is 23.1 Å². The molecule has 0 radical (unpaired) electrons. The van der Waals surface area contributed by atoms with Crippen LogP contribution in [-0.4, -0.2) is 42.0 Å². The second kappa shape index (κ2) is 8.05. The molecule has 1 unspecified atom stereocenters. The summed E-state index contributed by atoms with van der Waals surface area (Å²) < 4.78 is 5.32. The summed E-state index contributed by atoms with van der Waals surface area (Å²) in [6, 6.07) is 5.32. The number of hydrogen-bond acceptors (Lipinski definition) is 6. The number of thioether (sulfide) groups is 1. The summed E-state index contributed by atoms with van der Waals surface area (Å²) in [7, 11) is 0. The third kappa shape index (κ3) is 5.20. The number of hydrogen-bond donors (Lipinski definition) is 2. The van der Waals surface area contributed by atoms with Crippen molar-refractivity contribution in [3.8, 4) is 0 Å². The molecule has 3 rings (SSSR count). The van der Waals surface area contributed by atoms with Crippen molar-refractivity contribution in [2.24, 2.45) is 0 Å². The van der Waals surface area contributed by atoms with Gasteiger partial charge >= 0.3 is 6.09 Å². The van der Waals surface area contributed by atoms with Gasteiger partial charge in [0.15, 0.2) is 0 Å². The van der Waals surface area contributed by atoms with Crippen molar-refractivity contribution in [3.63, 3.8) is 0 Å². The van der Waals surface area contributed by atoms with Gasteiger partial charge in [-0.05, 0) is 62.7 Å². The van der Waals surface area contributed by atoms with Gasteiger partial charge in [-0.15, -0.1) is 0 Å². The third-order valence-corrected chi connectivity index (χ3v) is 5.22. The van der Waals surface area contributed by atoms with E-state index < -0.39 is 17.6 Å². The van der Waals surface area contributed by atoms with Gasteiger partial charge in [0.05, 0.1) is 10.9 Å². The number of halogens is 1. The van der Waals surface area contributed by atoms with E-state index in [0.717, 1.165) is 36.0 Å². The summed E-state index contributed by atoms with van der Waals surface area (Å²) in [5.41, 5.74) is 1.09. The van der Waals surface area contributed by atoms with Crippen LogP contribution >= 0.6 is 23.4 Å². The summed E-state index contributed by atoms with van der Waals surface area (Å²) in [5.74, 6) is -0.401. The lowest BCUT2D eigenvalue weighted by Gasteiger charge is -2.23. The fraction of sp³-hybridized carbons (Fsp3) is 0.421. The number of imide groups is 1. The van der Waals surface area contributed by atoms with Crippen LogP contribution < -0.4 is 15.5 Å². The van der Waals surface area contributed by atoms with E-state index in [4.69, 9.17) is 16.3 Å². The standard InChI is InChI=1S/C19H22ClN3O4S/c1-19(2,3)27-17(25)21-13-6-7-23(10-13)14-9-12(20)5-4-11(14)8-15-16(24)22-18(26)28-15/h4-5,8-9,13H,6-7,10H2,1-3H3,(H,21,25)(H,22,24,26)/b15-8+. The van der Waals surface area contributed by atoms with Crippen molar-refractivity contribution in [1.82, 2.24) is 10.6 Å². The number of rotatable bonds is 3. The molecule has 0 aromatic heterocycles. The van der Waals surface area contributed by atoms with Gasteiger partial charge < -0.3 is 15.0 Å². The van der Waals surface area contributed by atoms with E-state index >= 15 is 0 Å². The number of benzene rings is 1. The molecule has 150 valence electrons. The largest absolute Gasteiger partial charge is 0.444 e. The molecule has 2 aliphatic heterocycles. The van der Waals surface area contributed by atoms with Crippen LogP contribution in [0.5, 0.6) is 0 Å². The topological polar surface area (TPSA) is 87.7 Å². The first-order valence-corrected chi connectivity index (χ1v) is 10.1. The minimum Gasteiger partial charge on any atom is -0.444 e. The van der Waals surface area contributed by atoms with Crippen LogP contribution in [0.4, 0.5) is 15.3 Å². The van der Waals surface area contributed by atoms with E-state index in [0.29, 0.717) is 16.5 Å². The van der Waals surface area contributed by atoms with Gasteiger partial charge in [0.25, 0.3) is 11.1 Å². The molecule has 2 heterocycles. The van der Waals surface area contributed by atoms with Crippen molar-refractivity contribution >= 4 is 52.4 Å². The van der Waals surface area contributed by atoms with Crippen molar-refractivity contribution in [2.75, 3.05) is 18.0 Å². The smallest absolute Gasteiger partial charge is 0.407 e. The highest BCUT2D eigenvalue weighted by Crippen LogP contribution is 2.33. The minimum atomic E-state index is -0.550. The Bertz CT molecular complexity index is 850. The zero-order valence-corrected chi connectivity index (χ0v) is 17.4. The average Bonchev–Trinajstić information content (AvgIpc) is 3.13. The maximum absolute atomic E-state index is 12.0. The Morgan fingerprint density at radius 2 is 2.14 bits per heavy atom. The highest BCUT2D eigenvalue weighted by molar-refractivity contribution is 8.18. The number of carbonyl (C=O) groups is 3. The average molecular weight is 424 g/mol. The Kier molecular flexibility index (Phi) is 5.90. The quantitative estimate of drug-likeness (QED) is 0.719. The van der Waals surface area contributed by atoms with Crippen LogP contribution in [0.25, 0.3) is 6.08 Å². The molecular formula is C19H22ClN3O4S. The monoisotopic (exact) mass is 423 g/mol. The molecule has 2 N–H and O–H groups in total. The van der Waals surface area contributed by atoms with Gasteiger partial charge in [-0.1, -0.05) is 17.7 Å². The van der Waals surface area contributed by atoms with Gasteiger partial charge in [-0.2, -0.15) is 0 Å². The number of anilines is 1. The van der Waals surface area contributed by atoms with E-state index in [1.165, 1.54) is 0 Å². The van der Waals surface area contributed by atoms with Crippen molar-refractivity contribution in [2.45, 2.75) is 38.8 Å². The molecule has 1 aromatic carbocycles. The predicted octanol–water partition coefficient (Wildman–Crippen LogP) is 3.77. The van der Waals surface area contributed by atoms with E-state index in [1.807, 2.05) is 32.9 Å². The summed E-state index contributed by atoms with van der Waals surface area (Å²) >= 11 is 7.06. The molecule has 2 saturated heterocycles. The van der Waals surface area contributed by atoms with E-state index in [9.17, 15) is 14.4 Å². The Morgan fingerprint density at radius 1 is 1.39 bits per heavy atom. The Morgan fingerprint density at radius 3 is 2.79 bits per heavy atom. The zero-order valence-electron chi connectivity index (χ0n) is 15.9. The summed E-state index contributed by atoms with van der Waals surface area (Å²) in [6.07, 6.45) is 2.01. The number of nitrogens with zero attached hydrogens (tertiary/aromatic N) is 1. The first-order valence-electron chi connectivity index (χ1n) is 8.89. The number of nitrogens with one attached hydrogen (secondary N) is 2. The lowest BCUT2D eigenvalue weighted by Crippen LogP contribution is -2.40. The number of alkyl carbamates (subject to hydrolysis) is 1. The molecule has 9 heteroatoms. The fourth-order valence-corrected chi connectivity index (χ4v) is 3.89. The second-order valence-electron chi connectivity index (χ2n) is 7.63. The van der Waals surface area contributed by atoms with E-state index in [1.54, 1.807) is 12.1 Å². The Labute approximate surface area is 172 Å². The molecule has 2 aliphatic rings. The lowest BCUT2D eigenvalue weighted by molar-refractivity contribution is -0.115. The molecule has 2 fully saturated rings. The molecular weight excluding hydrogens is 402 g/mol. The molecule has 7 nitrogen and oxygen atoms in total. The molecule has 0 saturated carbocycles. The Balaban J connectivity index is 1.75. The third-order valence-electron chi connectivity index (χ3n) is 4.17.